The maximum Gasteiger partial charge on any atom is 0.352 e. The molecule has 3 N–H and O–H groups in total. The van der Waals surface area contributed by atoms with Crippen molar-refractivity contribution in [2.45, 2.75) is 16.6 Å². The summed E-state index contributed by atoms with van der Waals surface area (Å²) in [5, 5.41) is 18.1. The van der Waals surface area contributed by atoms with E-state index in [9.17, 15) is 14.7 Å². The lowest BCUT2D eigenvalue weighted by molar-refractivity contribution is -0.147. The Hall–Kier alpha value is -2.04. The van der Waals surface area contributed by atoms with Gasteiger partial charge < -0.3 is 10.8 Å². The molecule has 0 spiro atoms. The van der Waals surface area contributed by atoms with Crippen LogP contribution in [-0.2, 0) is 9.59 Å². The van der Waals surface area contributed by atoms with Crippen LogP contribution in [0.15, 0.2) is 40.8 Å². The smallest absolute Gasteiger partial charge is 0.352 e. The Morgan fingerprint density at radius 2 is 2.29 bits per heavy atom. The molecule has 124 valence electrons. The largest absolute Gasteiger partial charge is 0.477 e. The van der Waals surface area contributed by atoms with Gasteiger partial charge in [0.15, 0.2) is 10.8 Å². The van der Waals surface area contributed by atoms with Crippen molar-refractivity contribution in [3.63, 3.8) is 0 Å². The van der Waals surface area contributed by atoms with Crippen molar-refractivity contribution in [2.75, 3.05) is 11.5 Å². The Morgan fingerprint density at radius 3 is 3.08 bits per heavy atom. The minimum atomic E-state index is -1.10. The van der Waals surface area contributed by atoms with E-state index in [1.807, 2.05) is 28.8 Å². The lowest BCUT2D eigenvalue weighted by atomic mass is 10.0. The summed E-state index contributed by atoms with van der Waals surface area (Å²) in [4.78, 5) is 24.9. The molecule has 4 rings (SSSR count). The molecule has 2 aromatic heterocycles. The Bertz CT molecular complexity index is 880. The van der Waals surface area contributed by atoms with E-state index in [-0.39, 0.29) is 17.0 Å². The van der Waals surface area contributed by atoms with Crippen molar-refractivity contribution < 1.29 is 14.7 Å². The first-order valence-corrected chi connectivity index (χ1v) is 9.19. The van der Waals surface area contributed by atoms with Crippen molar-refractivity contribution in [1.82, 2.24) is 19.5 Å². The van der Waals surface area contributed by atoms with Gasteiger partial charge in [-0.05, 0) is 17.7 Å². The van der Waals surface area contributed by atoms with Crippen molar-refractivity contribution >= 4 is 41.0 Å². The molecule has 2 aliphatic rings. The number of aromatic nitrogens is 3. The number of aliphatic carboxylic acids is 1. The number of hydrogen-bond acceptors (Lipinski definition) is 7. The summed E-state index contributed by atoms with van der Waals surface area (Å²) in [6, 6.07) is 4.99. The van der Waals surface area contributed by atoms with E-state index in [0.29, 0.717) is 22.2 Å². The average molecular weight is 363 g/mol. The Labute approximate surface area is 145 Å². The Balaban J connectivity index is 1.60. The number of nitrogens with two attached hydrogens (primary N) is 1. The number of nitrogens with zero attached hydrogens (tertiary/aromatic N) is 4. The zero-order valence-corrected chi connectivity index (χ0v) is 14.0. The predicted octanol–water partition coefficient (Wildman–Crippen LogP) is 0.403. The fourth-order valence-corrected chi connectivity index (χ4v) is 5.12. The SMILES string of the molecule is NC1C(=O)N2C(C(=O)O)=C(CSc3nnc4ccccn34)CS[C@@H]12. The first kappa shape index (κ1) is 15.5. The molecular formula is C14H13N5O3S2. The van der Waals surface area contributed by atoms with E-state index in [0.717, 1.165) is 5.65 Å². The van der Waals surface area contributed by atoms with Gasteiger partial charge in [0.2, 0.25) is 5.91 Å². The number of rotatable bonds is 4. The van der Waals surface area contributed by atoms with Crippen molar-refractivity contribution in [2.24, 2.45) is 5.73 Å². The topological polar surface area (TPSA) is 114 Å². The number of carboxylic acids is 1. The van der Waals surface area contributed by atoms with Crippen molar-refractivity contribution in [3.8, 4) is 0 Å². The molecule has 0 aromatic carbocycles. The molecule has 10 heteroatoms. The number of carbonyl (C=O) groups is 2. The van der Waals surface area contributed by atoms with Gasteiger partial charge in [0.05, 0.1) is 0 Å². The third-order valence-electron chi connectivity index (χ3n) is 3.95. The number of pyridine rings is 1. The number of thioether (sulfide) groups is 2. The summed E-state index contributed by atoms with van der Waals surface area (Å²) in [5.41, 5.74) is 7.23. The minimum Gasteiger partial charge on any atom is -0.477 e. The molecule has 4 heterocycles. The monoisotopic (exact) mass is 363 g/mol. The van der Waals surface area contributed by atoms with Crippen LogP contribution in [0.1, 0.15) is 0 Å². The van der Waals surface area contributed by atoms with Gasteiger partial charge in [-0.2, -0.15) is 0 Å². The van der Waals surface area contributed by atoms with Crippen molar-refractivity contribution in [3.05, 3.63) is 35.7 Å². The van der Waals surface area contributed by atoms with Crippen LogP contribution in [0, 0.1) is 0 Å². The van der Waals surface area contributed by atoms with Gasteiger partial charge in [-0.15, -0.1) is 22.0 Å². The van der Waals surface area contributed by atoms with Gasteiger partial charge in [-0.1, -0.05) is 17.8 Å². The number of fused-ring (bicyclic) bond motifs is 2. The standard InChI is InChI=1S/C14H13N5O3S2/c15-9-11(20)19-10(13(21)22)7(5-23-12(9)19)6-24-14-17-16-8-3-1-2-4-18(8)14/h1-4,9,12H,5-6,15H2,(H,21,22)/t9?,12-/m0/s1. The number of amides is 1. The molecule has 2 aromatic rings. The molecule has 1 fully saturated rings. The quantitative estimate of drug-likeness (QED) is 0.593. The first-order chi connectivity index (χ1) is 11.6. The Kier molecular flexibility index (Phi) is 3.74. The normalized spacial score (nSPS) is 23.4. The van der Waals surface area contributed by atoms with Crippen LogP contribution in [0.2, 0.25) is 0 Å². The first-order valence-electron chi connectivity index (χ1n) is 7.16. The van der Waals surface area contributed by atoms with Gasteiger partial charge in [0.1, 0.15) is 17.1 Å². The second-order valence-electron chi connectivity index (χ2n) is 5.39. The predicted molar refractivity (Wildman–Crippen MR) is 89.4 cm³/mol. The number of carbonyl (C=O) groups excluding carboxylic acids is 1. The molecular weight excluding hydrogens is 350 g/mol. The summed E-state index contributed by atoms with van der Waals surface area (Å²) >= 11 is 2.90. The zero-order chi connectivity index (χ0) is 16.8. The summed E-state index contributed by atoms with van der Waals surface area (Å²) in [6.07, 6.45) is 1.85. The van der Waals surface area contributed by atoms with E-state index in [4.69, 9.17) is 5.73 Å². The zero-order valence-electron chi connectivity index (χ0n) is 12.3. The summed E-state index contributed by atoms with van der Waals surface area (Å²) < 4.78 is 1.84. The fourth-order valence-electron chi connectivity index (χ4n) is 2.76. The maximum absolute atomic E-state index is 11.9. The highest BCUT2D eigenvalue weighted by Crippen LogP contribution is 2.40. The molecule has 0 saturated carbocycles. The van der Waals surface area contributed by atoms with Crippen LogP contribution in [-0.4, -0.2) is 59.4 Å². The molecule has 8 nitrogen and oxygen atoms in total. The van der Waals surface area contributed by atoms with Crippen LogP contribution < -0.4 is 5.73 Å². The van der Waals surface area contributed by atoms with E-state index < -0.39 is 12.0 Å². The van der Waals surface area contributed by atoms with Crippen LogP contribution >= 0.6 is 23.5 Å². The highest BCUT2D eigenvalue weighted by atomic mass is 32.2. The molecule has 0 bridgehead atoms. The van der Waals surface area contributed by atoms with E-state index in [1.165, 1.54) is 28.4 Å². The maximum atomic E-state index is 11.9. The van der Waals surface area contributed by atoms with E-state index in [2.05, 4.69) is 10.2 Å². The summed E-state index contributed by atoms with van der Waals surface area (Å²) in [5.74, 6) is -0.467. The second kappa shape index (κ2) is 5.80. The van der Waals surface area contributed by atoms with Crippen LogP contribution in [0.5, 0.6) is 0 Å². The number of hydrogen-bond donors (Lipinski definition) is 2. The Morgan fingerprint density at radius 1 is 1.46 bits per heavy atom. The summed E-state index contributed by atoms with van der Waals surface area (Å²) in [7, 11) is 0. The third-order valence-corrected chi connectivity index (χ3v) is 6.34. The van der Waals surface area contributed by atoms with E-state index >= 15 is 0 Å². The van der Waals surface area contributed by atoms with Crippen LogP contribution in [0.4, 0.5) is 0 Å². The van der Waals surface area contributed by atoms with Crippen LogP contribution in [0.25, 0.3) is 5.65 Å². The number of carboxylic acid groups (broad SMARTS) is 1. The molecule has 2 aliphatic heterocycles. The van der Waals surface area contributed by atoms with Crippen LogP contribution in [0.3, 0.4) is 0 Å². The van der Waals surface area contributed by atoms with Gasteiger partial charge in [-0.25, -0.2) is 4.79 Å². The third kappa shape index (κ3) is 2.29. The minimum absolute atomic E-state index is 0.0618. The summed E-state index contributed by atoms with van der Waals surface area (Å²) in [6.45, 7) is 0. The molecule has 0 aliphatic carbocycles. The molecule has 1 saturated heterocycles. The second-order valence-corrected chi connectivity index (χ2v) is 7.44. The van der Waals surface area contributed by atoms with Gasteiger partial charge in [0, 0.05) is 17.7 Å². The van der Waals surface area contributed by atoms with E-state index in [1.54, 1.807) is 0 Å². The molecule has 0 radical (unpaired) electrons. The lowest BCUT2D eigenvalue weighted by Gasteiger charge is -2.48. The van der Waals surface area contributed by atoms with Gasteiger partial charge in [0.25, 0.3) is 0 Å². The highest BCUT2D eigenvalue weighted by Gasteiger charge is 2.51. The molecule has 1 unspecified atom stereocenters. The van der Waals surface area contributed by atoms with Crippen molar-refractivity contribution in [1.29, 1.82) is 0 Å². The van der Waals surface area contributed by atoms with Gasteiger partial charge >= 0.3 is 5.97 Å². The lowest BCUT2D eigenvalue weighted by Crippen LogP contribution is -2.68. The number of β-lactam (4-membered cyclic amide) rings is 1. The molecule has 2 atom stereocenters. The molecule has 1 amide bonds. The van der Waals surface area contributed by atoms with Gasteiger partial charge in [-0.3, -0.25) is 14.1 Å². The highest BCUT2D eigenvalue weighted by molar-refractivity contribution is 8.01. The average Bonchev–Trinajstić information content (AvgIpc) is 3.01. The fraction of sp³-hybridized carbons (Fsp3) is 0.286. The molecule has 24 heavy (non-hydrogen) atoms.